The van der Waals surface area contributed by atoms with Crippen molar-refractivity contribution in [3.63, 3.8) is 0 Å². The molecule has 3 rings (SSSR count). The molecular weight excluding hydrogens is 372 g/mol. The van der Waals surface area contributed by atoms with Crippen molar-refractivity contribution >= 4 is 35.0 Å². The summed E-state index contributed by atoms with van der Waals surface area (Å²) in [6.07, 6.45) is -0.549. The number of hydrogen-bond donors (Lipinski definition) is 1. The van der Waals surface area contributed by atoms with Gasteiger partial charge in [0.15, 0.2) is 0 Å². The maximum Gasteiger partial charge on any atom is 0.306 e. The molecule has 1 fully saturated rings. The van der Waals surface area contributed by atoms with Crippen molar-refractivity contribution in [2.45, 2.75) is 30.1 Å². The molecule has 0 radical (unpaired) electrons. The molecule has 1 saturated heterocycles. The molecule has 26 heavy (non-hydrogen) atoms. The number of benzene rings is 1. The number of thiazole rings is 1. The fourth-order valence-corrected chi connectivity index (χ4v) is 4.44. The van der Waals surface area contributed by atoms with Gasteiger partial charge in [-0.15, -0.1) is 23.1 Å². The summed E-state index contributed by atoms with van der Waals surface area (Å²) in [5, 5.41) is 12.0. The van der Waals surface area contributed by atoms with Gasteiger partial charge in [-0.1, -0.05) is 12.1 Å². The van der Waals surface area contributed by atoms with Gasteiger partial charge in [-0.2, -0.15) is 0 Å². The Morgan fingerprint density at radius 1 is 1.42 bits per heavy atom. The van der Waals surface area contributed by atoms with E-state index in [2.05, 4.69) is 4.98 Å². The Balaban J connectivity index is 1.69. The highest BCUT2D eigenvalue weighted by atomic mass is 32.2. The Hall–Kier alpha value is -1.90. The molecule has 1 aliphatic rings. The smallest absolute Gasteiger partial charge is 0.306 e. The number of thioether (sulfide) groups is 1. The van der Waals surface area contributed by atoms with Crippen molar-refractivity contribution in [1.29, 1.82) is 0 Å². The third-order valence-electron chi connectivity index (χ3n) is 3.99. The lowest BCUT2D eigenvalue weighted by Crippen LogP contribution is -2.46. The summed E-state index contributed by atoms with van der Waals surface area (Å²) in [7, 11) is 0. The molecule has 8 heteroatoms. The van der Waals surface area contributed by atoms with Crippen molar-refractivity contribution < 1.29 is 19.4 Å². The monoisotopic (exact) mass is 392 g/mol. The zero-order chi connectivity index (χ0) is 18.5. The normalized spacial score (nSPS) is 17.3. The molecule has 1 aliphatic heterocycles. The van der Waals surface area contributed by atoms with Crippen LogP contribution in [0.4, 0.5) is 0 Å². The Kier molecular flexibility index (Phi) is 6.29. The maximum absolute atomic E-state index is 13.0. The van der Waals surface area contributed by atoms with Crippen LogP contribution in [0, 0.1) is 6.92 Å². The number of carbonyl (C=O) groups excluding carboxylic acids is 1. The van der Waals surface area contributed by atoms with Crippen LogP contribution >= 0.6 is 23.1 Å². The lowest BCUT2D eigenvalue weighted by atomic mass is 10.1. The summed E-state index contributed by atoms with van der Waals surface area (Å²) < 4.78 is 5.46. The van der Waals surface area contributed by atoms with E-state index in [1.165, 1.54) is 0 Å². The number of rotatable bonds is 6. The van der Waals surface area contributed by atoms with Crippen LogP contribution < -0.4 is 0 Å². The number of aryl methyl sites for hydroxylation is 1. The number of aromatic nitrogens is 1. The lowest BCUT2D eigenvalue weighted by Gasteiger charge is -2.32. The molecule has 1 unspecified atom stereocenters. The van der Waals surface area contributed by atoms with Crippen molar-refractivity contribution in [1.82, 2.24) is 9.88 Å². The average Bonchev–Trinajstić information content (AvgIpc) is 3.04. The van der Waals surface area contributed by atoms with Crippen LogP contribution in [0.3, 0.4) is 0 Å². The van der Waals surface area contributed by atoms with Gasteiger partial charge >= 0.3 is 5.97 Å². The first kappa shape index (κ1) is 18.9. The molecule has 1 aromatic carbocycles. The number of carboxylic acid groups (broad SMARTS) is 1. The second-order valence-corrected chi connectivity index (χ2v) is 8.06. The number of amides is 1. The van der Waals surface area contributed by atoms with Gasteiger partial charge in [-0.3, -0.25) is 9.59 Å². The number of hydrogen-bond acceptors (Lipinski definition) is 6. The molecule has 1 atom stereocenters. The Bertz CT molecular complexity index is 793. The molecular formula is C18H20N2O4S2. The number of ether oxygens (including phenoxy) is 1. The second kappa shape index (κ2) is 8.66. The predicted molar refractivity (Wildman–Crippen MR) is 101 cm³/mol. The van der Waals surface area contributed by atoms with Crippen molar-refractivity contribution in [2.24, 2.45) is 0 Å². The lowest BCUT2D eigenvalue weighted by molar-refractivity contribution is -0.141. The van der Waals surface area contributed by atoms with Gasteiger partial charge in [0.2, 0.25) is 0 Å². The van der Waals surface area contributed by atoms with E-state index >= 15 is 0 Å². The van der Waals surface area contributed by atoms with E-state index in [1.54, 1.807) is 28.0 Å². The maximum atomic E-state index is 13.0. The molecule has 1 N–H and O–H groups in total. The van der Waals surface area contributed by atoms with Crippen LogP contribution in [0.2, 0.25) is 0 Å². The van der Waals surface area contributed by atoms with E-state index in [0.717, 1.165) is 15.6 Å². The molecule has 0 bridgehead atoms. The molecule has 1 aromatic heterocycles. The Morgan fingerprint density at radius 3 is 2.96 bits per heavy atom. The SMILES string of the molecule is Cc1nc(CSc2ccccc2C(=O)N2CCOC(CC(=O)O)C2)cs1. The van der Waals surface area contributed by atoms with Gasteiger partial charge in [0, 0.05) is 29.1 Å². The quantitative estimate of drug-likeness (QED) is 0.761. The van der Waals surface area contributed by atoms with Crippen molar-refractivity contribution in [3.05, 3.63) is 45.9 Å². The van der Waals surface area contributed by atoms with Crippen molar-refractivity contribution in [3.8, 4) is 0 Å². The number of nitrogens with zero attached hydrogens (tertiary/aromatic N) is 2. The summed E-state index contributed by atoms with van der Waals surface area (Å²) >= 11 is 3.20. The summed E-state index contributed by atoms with van der Waals surface area (Å²) in [4.78, 5) is 30.9. The van der Waals surface area contributed by atoms with Crippen LogP contribution in [0.15, 0.2) is 34.5 Å². The standard InChI is InChI=1S/C18H20N2O4S2/c1-12-19-13(10-25-12)11-26-16-5-3-2-4-15(16)18(23)20-6-7-24-14(9-20)8-17(21)22/h2-5,10,14H,6-9,11H2,1H3,(H,21,22). The summed E-state index contributed by atoms with van der Waals surface area (Å²) in [6, 6.07) is 7.52. The molecule has 6 nitrogen and oxygen atoms in total. The van der Waals surface area contributed by atoms with E-state index in [0.29, 0.717) is 31.0 Å². The largest absolute Gasteiger partial charge is 0.481 e. The minimum absolute atomic E-state index is 0.0822. The number of carboxylic acids is 1. The molecule has 1 amide bonds. The van der Waals surface area contributed by atoms with Gasteiger partial charge in [0.05, 0.1) is 35.4 Å². The highest BCUT2D eigenvalue weighted by molar-refractivity contribution is 7.98. The summed E-state index contributed by atoms with van der Waals surface area (Å²) in [5.74, 6) is -0.292. The first-order valence-corrected chi connectivity index (χ1v) is 10.1. The summed E-state index contributed by atoms with van der Waals surface area (Å²) in [6.45, 7) is 3.11. The minimum Gasteiger partial charge on any atom is -0.481 e. The van der Waals surface area contributed by atoms with E-state index < -0.39 is 12.1 Å². The topological polar surface area (TPSA) is 79.7 Å². The fourth-order valence-electron chi connectivity index (χ4n) is 2.79. The van der Waals surface area contributed by atoms with Gasteiger partial charge in [0.1, 0.15) is 0 Å². The highest BCUT2D eigenvalue weighted by Gasteiger charge is 2.27. The van der Waals surface area contributed by atoms with Crippen LogP contribution in [0.25, 0.3) is 0 Å². The first-order valence-electron chi connectivity index (χ1n) is 8.28. The minimum atomic E-state index is -0.918. The molecule has 0 spiro atoms. The molecule has 2 aromatic rings. The average molecular weight is 393 g/mol. The van der Waals surface area contributed by atoms with E-state index in [4.69, 9.17) is 9.84 Å². The van der Waals surface area contributed by atoms with Gasteiger partial charge < -0.3 is 14.7 Å². The number of morpholine rings is 1. The zero-order valence-corrected chi connectivity index (χ0v) is 16.0. The molecule has 138 valence electrons. The van der Waals surface area contributed by atoms with E-state index in [-0.39, 0.29) is 12.3 Å². The summed E-state index contributed by atoms with van der Waals surface area (Å²) in [5.41, 5.74) is 1.65. The van der Waals surface area contributed by atoms with Crippen LogP contribution in [0.1, 0.15) is 27.5 Å². The fraction of sp³-hybridized carbons (Fsp3) is 0.389. The van der Waals surface area contributed by atoms with E-state index in [1.807, 2.05) is 36.6 Å². The third-order valence-corrected chi connectivity index (χ3v) is 5.92. The Labute approximate surface area is 160 Å². The third kappa shape index (κ3) is 4.84. The van der Waals surface area contributed by atoms with Crippen LogP contribution in [-0.2, 0) is 15.3 Å². The van der Waals surface area contributed by atoms with Gasteiger partial charge in [0.25, 0.3) is 5.91 Å². The molecule has 0 aliphatic carbocycles. The van der Waals surface area contributed by atoms with Gasteiger partial charge in [-0.25, -0.2) is 4.98 Å². The van der Waals surface area contributed by atoms with Crippen LogP contribution in [-0.4, -0.2) is 52.7 Å². The van der Waals surface area contributed by atoms with Crippen LogP contribution in [0.5, 0.6) is 0 Å². The Morgan fingerprint density at radius 2 is 2.23 bits per heavy atom. The van der Waals surface area contributed by atoms with Gasteiger partial charge in [-0.05, 0) is 19.1 Å². The van der Waals surface area contributed by atoms with E-state index in [9.17, 15) is 9.59 Å². The molecule has 2 heterocycles. The second-order valence-electron chi connectivity index (χ2n) is 5.98. The molecule has 0 saturated carbocycles. The number of carbonyl (C=O) groups is 2. The number of aliphatic carboxylic acids is 1. The first-order chi connectivity index (χ1) is 12.5. The zero-order valence-electron chi connectivity index (χ0n) is 14.4. The highest BCUT2D eigenvalue weighted by Crippen LogP contribution is 2.28. The predicted octanol–water partition coefficient (Wildman–Crippen LogP) is 3.06. The van der Waals surface area contributed by atoms with Crippen molar-refractivity contribution in [2.75, 3.05) is 19.7 Å².